The van der Waals surface area contributed by atoms with Crippen LogP contribution in [-0.2, 0) is 4.79 Å². The lowest BCUT2D eigenvalue weighted by atomic mass is 10.0. The number of carbonyl (C=O) groups is 1. The SMILES string of the molecule is CC=CC(=O)N1CCCC1c1cccc(OC)c1. The minimum Gasteiger partial charge on any atom is -0.497 e. The van der Waals surface area contributed by atoms with Crippen molar-refractivity contribution in [1.82, 2.24) is 4.90 Å². The van der Waals surface area contributed by atoms with Crippen LogP contribution in [0.3, 0.4) is 0 Å². The van der Waals surface area contributed by atoms with Crippen molar-refractivity contribution >= 4 is 5.91 Å². The predicted molar refractivity (Wildman–Crippen MR) is 71.5 cm³/mol. The Morgan fingerprint density at radius 3 is 3.06 bits per heavy atom. The molecule has 1 aliphatic heterocycles. The summed E-state index contributed by atoms with van der Waals surface area (Å²) in [6, 6.07) is 8.17. The van der Waals surface area contributed by atoms with Gasteiger partial charge in [0, 0.05) is 6.54 Å². The molecule has 2 rings (SSSR count). The van der Waals surface area contributed by atoms with Crippen LogP contribution in [0.4, 0.5) is 0 Å². The lowest BCUT2D eigenvalue weighted by molar-refractivity contribution is -0.126. The molecule has 1 atom stereocenters. The van der Waals surface area contributed by atoms with Gasteiger partial charge in [0.25, 0.3) is 0 Å². The predicted octanol–water partition coefficient (Wildman–Crippen LogP) is 2.93. The van der Waals surface area contributed by atoms with E-state index in [-0.39, 0.29) is 11.9 Å². The summed E-state index contributed by atoms with van der Waals surface area (Å²) in [5.74, 6) is 0.945. The van der Waals surface area contributed by atoms with E-state index in [1.807, 2.05) is 30.0 Å². The molecule has 0 radical (unpaired) electrons. The number of carbonyl (C=O) groups excluding carboxylic acids is 1. The van der Waals surface area contributed by atoms with Gasteiger partial charge in [-0.25, -0.2) is 0 Å². The molecule has 1 aromatic carbocycles. The maximum atomic E-state index is 12.0. The fraction of sp³-hybridized carbons (Fsp3) is 0.400. The van der Waals surface area contributed by atoms with Gasteiger partial charge in [0.15, 0.2) is 0 Å². The van der Waals surface area contributed by atoms with Gasteiger partial charge < -0.3 is 9.64 Å². The third-order valence-corrected chi connectivity index (χ3v) is 3.32. The largest absolute Gasteiger partial charge is 0.497 e. The first-order valence-electron chi connectivity index (χ1n) is 6.33. The third-order valence-electron chi connectivity index (χ3n) is 3.32. The maximum Gasteiger partial charge on any atom is 0.246 e. The molecule has 1 aliphatic rings. The molecule has 3 nitrogen and oxygen atoms in total. The van der Waals surface area contributed by atoms with E-state index in [4.69, 9.17) is 4.74 Å². The Hall–Kier alpha value is -1.77. The van der Waals surface area contributed by atoms with E-state index in [1.165, 1.54) is 0 Å². The molecule has 1 saturated heterocycles. The number of allylic oxidation sites excluding steroid dienone is 1. The third kappa shape index (κ3) is 2.55. The summed E-state index contributed by atoms with van der Waals surface area (Å²) in [6.07, 6.45) is 5.52. The first kappa shape index (κ1) is 12.7. The zero-order valence-electron chi connectivity index (χ0n) is 10.9. The van der Waals surface area contributed by atoms with Crippen LogP contribution >= 0.6 is 0 Å². The molecular formula is C15H19NO2. The zero-order chi connectivity index (χ0) is 13.0. The second-order valence-corrected chi connectivity index (χ2v) is 4.47. The van der Waals surface area contributed by atoms with E-state index in [1.54, 1.807) is 19.3 Å². The Morgan fingerprint density at radius 2 is 2.33 bits per heavy atom. The molecule has 3 heteroatoms. The molecule has 0 saturated carbocycles. The first-order chi connectivity index (χ1) is 8.76. The Bertz CT molecular complexity index is 454. The van der Waals surface area contributed by atoms with Crippen molar-refractivity contribution in [3.63, 3.8) is 0 Å². The number of amides is 1. The van der Waals surface area contributed by atoms with Gasteiger partial charge in [-0.15, -0.1) is 0 Å². The molecule has 1 fully saturated rings. The van der Waals surface area contributed by atoms with Gasteiger partial charge >= 0.3 is 0 Å². The molecule has 1 unspecified atom stereocenters. The van der Waals surface area contributed by atoms with Gasteiger partial charge in [-0.3, -0.25) is 4.79 Å². The van der Waals surface area contributed by atoms with E-state index < -0.39 is 0 Å². The quantitative estimate of drug-likeness (QED) is 0.766. The van der Waals surface area contributed by atoms with Crippen molar-refractivity contribution in [2.24, 2.45) is 0 Å². The summed E-state index contributed by atoms with van der Waals surface area (Å²) in [5.41, 5.74) is 1.16. The number of benzene rings is 1. The number of nitrogens with zero attached hydrogens (tertiary/aromatic N) is 1. The van der Waals surface area contributed by atoms with E-state index >= 15 is 0 Å². The highest BCUT2D eigenvalue weighted by molar-refractivity contribution is 5.88. The van der Waals surface area contributed by atoms with E-state index in [0.717, 1.165) is 30.7 Å². The zero-order valence-corrected chi connectivity index (χ0v) is 10.9. The van der Waals surface area contributed by atoms with Crippen LogP contribution in [0.25, 0.3) is 0 Å². The number of hydrogen-bond donors (Lipinski definition) is 0. The van der Waals surface area contributed by atoms with Crippen molar-refractivity contribution in [2.45, 2.75) is 25.8 Å². The van der Waals surface area contributed by atoms with Gasteiger partial charge in [0.1, 0.15) is 5.75 Å². The molecule has 0 aliphatic carbocycles. The highest BCUT2D eigenvalue weighted by Gasteiger charge is 2.28. The molecule has 0 spiro atoms. The van der Waals surface area contributed by atoms with Crippen LogP contribution in [-0.4, -0.2) is 24.5 Å². The average molecular weight is 245 g/mol. The van der Waals surface area contributed by atoms with Crippen molar-refractivity contribution < 1.29 is 9.53 Å². The molecule has 1 aromatic rings. The summed E-state index contributed by atoms with van der Waals surface area (Å²) >= 11 is 0. The summed E-state index contributed by atoms with van der Waals surface area (Å²) in [6.45, 7) is 2.71. The van der Waals surface area contributed by atoms with Gasteiger partial charge in [-0.05, 0) is 43.5 Å². The number of likely N-dealkylation sites (tertiary alicyclic amines) is 1. The van der Waals surface area contributed by atoms with Crippen molar-refractivity contribution in [3.8, 4) is 5.75 Å². The number of hydrogen-bond acceptors (Lipinski definition) is 2. The second-order valence-electron chi connectivity index (χ2n) is 4.47. The monoisotopic (exact) mass is 245 g/mol. The lowest BCUT2D eigenvalue weighted by Crippen LogP contribution is -2.28. The summed E-state index contributed by atoms with van der Waals surface area (Å²) in [4.78, 5) is 13.9. The van der Waals surface area contributed by atoms with Gasteiger partial charge in [-0.2, -0.15) is 0 Å². The summed E-state index contributed by atoms with van der Waals surface area (Å²) in [7, 11) is 1.66. The van der Waals surface area contributed by atoms with Crippen molar-refractivity contribution in [2.75, 3.05) is 13.7 Å². The van der Waals surface area contributed by atoms with Crippen LogP contribution in [0.15, 0.2) is 36.4 Å². The van der Waals surface area contributed by atoms with Crippen LogP contribution in [0.5, 0.6) is 5.75 Å². The van der Waals surface area contributed by atoms with E-state index in [2.05, 4.69) is 6.07 Å². The molecule has 1 amide bonds. The average Bonchev–Trinajstić information content (AvgIpc) is 2.88. The molecule has 1 heterocycles. The molecular weight excluding hydrogens is 226 g/mol. The normalized spacial score (nSPS) is 19.4. The van der Waals surface area contributed by atoms with E-state index in [0.29, 0.717) is 0 Å². The van der Waals surface area contributed by atoms with Gasteiger partial charge in [-0.1, -0.05) is 18.2 Å². The first-order valence-corrected chi connectivity index (χ1v) is 6.33. The topological polar surface area (TPSA) is 29.5 Å². The molecule has 0 aromatic heterocycles. The summed E-state index contributed by atoms with van der Waals surface area (Å²) in [5, 5.41) is 0. The Morgan fingerprint density at radius 1 is 1.50 bits per heavy atom. The summed E-state index contributed by atoms with van der Waals surface area (Å²) < 4.78 is 5.24. The van der Waals surface area contributed by atoms with Crippen LogP contribution in [0.2, 0.25) is 0 Å². The minimum absolute atomic E-state index is 0.0998. The minimum atomic E-state index is 0.0998. The Balaban J connectivity index is 2.22. The fourth-order valence-electron chi connectivity index (χ4n) is 2.46. The van der Waals surface area contributed by atoms with Crippen LogP contribution in [0, 0.1) is 0 Å². The highest BCUT2D eigenvalue weighted by atomic mass is 16.5. The van der Waals surface area contributed by atoms with Gasteiger partial charge in [0.2, 0.25) is 5.91 Å². The smallest absolute Gasteiger partial charge is 0.246 e. The standard InChI is InChI=1S/C15H19NO2/c1-3-6-15(17)16-10-5-9-14(16)12-7-4-8-13(11-12)18-2/h3-4,6-8,11,14H,5,9-10H2,1-2H3. The van der Waals surface area contributed by atoms with E-state index in [9.17, 15) is 4.79 Å². The number of methoxy groups -OCH3 is 1. The Kier molecular flexibility index (Phi) is 4.03. The van der Waals surface area contributed by atoms with Crippen molar-refractivity contribution in [3.05, 3.63) is 42.0 Å². The highest BCUT2D eigenvalue weighted by Crippen LogP contribution is 2.33. The van der Waals surface area contributed by atoms with Crippen LogP contribution in [0.1, 0.15) is 31.4 Å². The lowest BCUT2D eigenvalue weighted by Gasteiger charge is -2.24. The maximum absolute atomic E-state index is 12.0. The molecule has 0 N–H and O–H groups in total. The number of ether oxygens (including phenoxy) is 1. The van der Waals surface area contributed by atoms with Crippen molar-refractivity contribution in [1.29, 1.82) is 0 Å². The molecule has 0 bridgehead atoms. The molecule has 18 heavy (non-hydrogen) atoms. The fourth-order valence-corrected chi connectivity index (χ4v) is 2.46. The molecule has 96 valence electrons. The van der Waals surface area contributed by atoms with Gasteiger partial charge in [0.05, 0.1) is 13.2 Å². The number of rotatable bonds is 3. The Labute approximate surface area is 108 Å². The second kappa shape index (κ2) is 5.71. The van der Waals surface area contributed by atoms with Crippen LogP contribution < -0.4 is 4.74 Å².